The van der Waals surface area contributed by atoms with Gasteiger partial charge >= 0.3 is 0 Å². The van der Waals surface area contributed by atoms with Gasteiger partial charge < -0.3 is 9.32 Å². The van der Waals surface area contributed by atoms with Gasteiger partial charge in [0.05, 0.1) is 51.3 Å². The second-order valence-corrected chi connectivity index (χ2v) is 14.9. The Morgan fingerprint density at radius 3 is 1.91 bits per heavy atom. The number of hydrogen-bond donors (Lipinski definition) is 0. The second kappa shape index (κ2) is 12.3. The first-order valence-corrected chi connectivity index (χ1v) is 19.4. The van der Waals surface area contributed by atoms with E-state index >= 15 is 0 Å². The lowest BCUT2D eigenvalue weighted by Gasteiger charge is -2.49. The molecular formula is C52H32N4O2. The summed E-state index contributed by atoms with van der Waals surface area (Å²) in [5.74, 6) is 0.665. The normalized spacial score (nSPS) is 15.0. The van der Waals surface area contributed by atoms with Crippen LogP contribution in [-0.4, -0.2) is 14.5 Å². The first-order valence-electron chi connectivity index (χ1n) is 19.4. The van der Waals surface area contributed by atoms with Gasteiger partial charge in [-0.1, -0.05) is 127 Å². The summed E-state index contributed by atoms with van der Waals surface area (Å²) in [6.07, 6.45) is 3.73. The smallest absolute Gasteiger partial charge is 0.299 e. The number of furan rings is 1. The largest absolute Gasteiger partial charge is 0.450 e. The van der Waals surface area contributed by atoms with Crippen LogP contribution in [0, 0.1) is 0 Å². The number of para-hydroxylation sites is 3. The Hall–Kier alpha value is -7.83. The monoisotopic (exact) mass is 744 g/mol. The number of rotatable bonds is 4. The third-order valence-corrected chi connectivity index (χ3v) is 11.9. The molecule has 10 aromatic rings. The highest BCUT2D eigenvalue weighted by Crippen LogP contribution is 2.61. The van der Waals surface area contributed by atoms with Crippen molar-refractivity contribution in [1.82, 2.24) is 14.5 Å². The minimum absolute atomic E-state index is 0.178. The van der Waals surface area contributed by atoms with Crippen molar-refractivity contribution in [2.75, 3.05) is 4.90 Å². The van der Waals surface area contributed by atoms with E-state index in [4.69, 9.17) is 9.40 Å². The van der Waals surface area contributed by atoms with Crippen molar-refractivity contribution in [2.24, 2.45) is 0 Å². The Labute approximate surface area is 333 Å². The van der Waals surface area contributed by atoms with Crippen molar-refractivity contribution in [1.29, 1.82) is 0 Å². The van der Waals surface area contributed by atoms with E-state index in [2.05, 4.69) is 125 Å². The molecule has 4 aromatic heterocycles. The fourth-order valence-corrected chi connectivity index (χ4v) is 9.51. The number of nitrogens with zero attached hydrogens (tertiary/aromatic N) is 4. The average Bonchev–Trinajstić information content (AvgIpc) is 3.76. The van der Waals surface area contributed by atoms with Crippen LogP contribution in [0.2, 0.25) is 0 Å². The van der Waals surface area contributed by atoms with Gasteiger partial charge in [-0.25, -0.2) is 0 Å². The molecule has 1 atom stereocenters. The molecule has 0 N–H and O–H groups in total. The van der Waals surface area contributed by atoms with E-state index in [9.17, 15) is 4.79 Å². The summed E-state index contributed by atoms with van der Waals surface area (Å²) in [5, 5.41) is 1.76. The summed E-state index contributed by atoms with van der Waals surface area (Å²) >= 11 is 0. The van der Waals surface area contributed by atoms with Crippen molar-refractivity contribution >= 4 is 38.9 Å². The van der Waals surface area contributed by atoms with E-state index in [1.165, 1.54) is 0 Å². The standard InChI is InChI=1S/C52H32N4O2/c57-51-50-38(31-48(58-50)34-16-5-2-6-17-34)37-18-13-21-41-49(37)56(51)46-24-10-8-20-40(46)52(41)39-19-7-9-23-45(39)55(36-26-27-44(54-32-36)43-22-11-12-29-53-43)47-28-25-35(30-42(47)52)33-14-3-1-4-15-33/h1-32H. The number of pyridine rings is 3. The Morgan fingerprint density at radius 2 is 1.16 bits per heavy atom. The van der Waals surface area contributed by atoms with Crippen molar-refractivity contribution in [3.63, 3.8) is 0 Å². The highest BCUT2D eigenvalue weighted by atomic mass is 16.3. The topological polar surface area (TPSA) is 64.2 Å². The molecule has 0 radical (unpaired) electrons. The molecule has 2 aliphatic heterocycles. The predicted octanol–water partition coefficient (Wildman–Crippen LogP) is 12.0. The first kappa shape index (κ1) is 32.4. The van der Waals surface area contributed by atoms with Crippen LogP contribution in [0.4, 0.5) is 17.1 Å². The maximum absolute atomic E-state index is 15.0. The van der Waals surface area contributed by atoms with Gasteiger partial charge in [-0.05, 0) is 88.0 Å². The molecule has 1 spiro atoms. The number of aromatic nitrogens is 3. The fraction of sp³-hybridized carbons (Fsp3) is 0.0192. The first-order chi connectivity index (χ1) is 28.7. The van der Waals surface area contributed by atoms with Crippen molar-refractivity contribution in [3.8, 4) is 39.5 Å². The minimum atomic E-state index is -0.823. The van der Waals surface area contributed by atoms with Crippen LogP contribution in [0.15, 0.2) is 204 Å². The van der Waals surface area contributed by atoms with E-state index in [-0.39, 0.29) is 5.56 Å². The van der Waals surface area contributed by atoms with E-state index in [0.29, 0.717) is 11.3 Å². The predicted molar refractivity (Wildman–Crippen MR) is 231 cm³/mol. The molecule has 0 bridgehead atoms. The quantitative estimate of drug-likeness (QED) is 0.180. The molecule has 1 unspecified atom stereocenters. The summed E-state index contributed by atoms with van der Waals surface area (Å²) in [5.41, 5.74) is 13.1. The van der Waals surface area contributed by atoms with Crippen molar-refractivity contribution < 1.29 is 4.42 Å². The van der Waals surface area contributed by atoms with Gasteiger partial charge in [-0.3, -0.25) is 19.3 Å². The summed E-state index contributed by atoms with van der Waals surface area (Å²) in [6.45, 7) is 0. The Kier molecular flexibility index (Phi) is 6.89. The van der Waals surface area contributed by atoms with Crippen LogP contribution in [0.3, 0.4) is 0 Å². The molecule has 6 heterocycles. The highest BCUT2D eigenvalue weighted by molar-refractivity contribution is 6.09. The van der Waals surface area contributed by atoms with Crippen molar-refractivity contribution in [2.45, 2.75) is 5.41 Å². The van der Waals surface area contributed by atoms with Crippen LogP contribution in [0.25, 0.3) is 61.4 Å². The van der Waals surface area contributed by atoms with Crippen LogP contribution >= 0.6 is 0 Å². The molecule has 0 aliphatic carbocycles. The Bertz CT molecular complexity index is 3300. The number of benzene rings is 6. The third kappa shape index (κ3) is 4.45. The summed E-state index contributed by atoms with van der Waals surface area (Å²) in [6, 6.07) is 63.0. The highest BCUT2D eigenvalue weighted by Gasteiger charge is 2.51. The zero-order chi connectivity index (χ0) is 38.4. The zero-order valence-corrected chi connectivity index (χ0v) is 31.1. The molecule has 58 heavy (non-hydrogen) atoms. The SMILES string of the molecule is O=c1c2oc(-c3ccccc3)cc2c2cccc3c2n1-c1ccccc1C31c2ccccc2N(c2ccc(-c3ccccn3)nc2)c2ccc(-c3ccccc3)cc21. The maximum Gasteiger partial charge on any atom is 0.299 e. The summed E-state index contributed by atoms with van der Waals surface area (Å²) in [7, 11) is 0. The summed E-state index contributed by atoms with van der Waals surface area (Å²) < 4.78 is 8.37. The second-order valence-electron chi connectivity index (χ2n) is 14.9. The molecule has 0 amide bonds. The summed E-state index contributed by atoms with van der Waals surface area (Å²) in [4.78, 5) is 26.8. The van der Waals surface area contributed by atoms with Crippen LogP contribution < -0.4 is 10.5 Å². The van der Waals surface area contributed by atoms with Crippen LogP contribution in [-0.2, 0) is 5.41 Å². The number of fused-ring (bicyclic) bond motifs is 10. The number of anilines is 3. The molecule has 272 valence electrons. The molecule has 12 rings (SSSR count). The van der Waals surface area contributed by atoms with E-state index < -0.39 is 5.41 Å². The fourth-order valence-electron chi connectivity index (χ4n) is 9.51. The lowest BCUT2D eigenvalue weighted by molar-refractivity contribution is 0.622. The number of hydrogen-bond acceptors (Lipinski definition) is 5. The van der Waals surface area contributed by atoms with E-state index in [1.807, 2.05) is 77.5 Å². The third-order valence-electron chi connectivity index (χ3n) is 11.9. The lowest BCUT2D eigenvalue weighted by Crippen LogP contribution is -2.42. The van der Waals surface area contributed by atoms with Gasteiger partial charge in [-0.15, -0.1) is 0 Å². The molecule has 6 heteroatoms. The van der Waals surface area contributed by atoms with Gasteiger partial charge in [0.1, 0.15) is 5.76 Å². The molecule has 6 aromatic carbocycles. The molecular weight excluding hydrogens is 713 g/mol. The lowest BCUT2D eigenvalue weighted by atomic mass is 9.60. The Morgan fingerprint density at radius 1 is 0.483 bits per heavy atom. The van der Waals surface area contributed by atoms with Crippen LogP contribution in [0.5, 0.6) is 0 Å². The molecule has 2 aliphatic rings. The van der Waals surface area contributed by atoms with Gasteiger partial charge in [0.2, 0.25) is 5.58 Å². The van der Waals surface area contributed by atoms with Crippen molar-refractivity contribution in [3.05, 3.63) is 227 Å². The zero-order valence-electron chi connectivity index (χ0n) is 31.1. The Balaban J connectivity index is 1.20. The van der Waals surface area contributed by atoms with Gasteiger partial charge in [0.15, 0.2) is 0 Å². The van der Waals surface area contributed by atoms with Crippen LogP contribution in [0.1, 0.15) is 22.3 Å². The van der Waals surface area contributed by atoms with Gasteiger partial charge in [-0.2, -0.15) is 0 Å². The molecule has 6 nitrogen and oxygen atoms in total. The van der Waals surface area contributed by atoms with Gasteiger partial charge in [0, 0.05) is 22.5 Å². The molecule has 0 fully saturated rings. The maximum atomic E-state index is 15.0. The van der Waals surface area contributed by atoms with E-state index in [1.54, 1.807) is 6.20 Å². The van der Waals surface area contributed by atoms with Gasteiger partial charge in [0.25, 0.3) is 5.56 Å². The molecule has 0 saturated carbocycles. The molecule has 0 saturated heterocycles. The van der Waals surface area contributed by atoms with E-state index in [0.717, 1.165) is 89.4 Å². The minimum Gasteiger partial charge on any atom is -0.450 e. The average molecular weight is 745 g/mol.